The van der Waals surface area contributed by atoms with Crippen LogP contribution in [0.5, 0.6) is 5.75 Å². The van der Waals surface area contributed by atoms with Crippen molar-refractivity contribution in [3.63, 3.8) is 0 Å². The van der Waals surface area contributed by atoms with Crippen molar-refractivity contribution in [1.29, 1.82) is 0 Å². The number of nitrogens with one attached hydrogen (secondary N) is 1. The maximum atomic E-state index is 12.2. The molecular weight excluding hydrogens is 331 g/mol. The maximum absolute atomic E-state index is 12.2. The summed E-state index contributed by atoms with van der Waals surface area (Å²) in [6, 6.07) is 2.58. The molecule has 1 atom stereocenters. The third-order valence-corrected chi connectivity index (χ3v) is 2.48. The highest BCUT2D eigenvalue weighted by Crippen LogP contribution is 2.33. The number of halogens is 4. The van der Waals surface area contributed by atoms with Gasteiger partial charge < -0.3 is 15.2 Å². The summed E-state index contributed by atoms with van der Waals surface area (Å²) in [6.45, 7) is 3.28. The van der Waals surface area contributed by atoms with Gasteiger partial charge in [-0.15, -0.1) is 19.8 Å². The van der Waals surface area contributed by atoms with Gasteiger partial charge in [0.2, 0.25) is 0 Å². The number of carboxylic acid groups (broad SMARTS) is 1. The molecule has 1 unspecified atom stereocenters. The van der Waals surface area contributed by atoms with Crippen molar-refractivity contribution in [2.75, 3.05) is 5.32 Å². The van der Waals surface area contributed by atoms with Crippen LogP contribution in [0.25, 0.3) is 0 Å². The van der Waals surface area contributed by atoms with Gasteiger partial charge in [-0.3, -0.25) is 0 Å². The van der Waals surface area contributed by atoms with E-state index < -0.39 is 24.1 Å². The van der Waals surface area contributed by atoms with E-state index in [0.29, 0.717) is 4.47 Å². The molecule has 0 saturated heterocycles. The molecule has 0 spiro atoms. The van der Waals surface area contributed by atoms with Gasteiger partial charge in [0.05, 0.1) is 5.69 Å². The molecule has 0 saturated carbocycles. The lowest BCUT2D eigenvalue weighted by molar-refractivity contribution is -0.274. The van der Waals surface area contributed by atoms with E-state index in [2.05, 4.69) is 32.6 Å². The van der Waals surface area contributed by atoms with Crippen LogP contribution in [0.15, 0.2) is 35.3 Å². The Morgan fingerprint density at radius 3 is 2.63 bits per heavy atom. The molecule has 104 valence electrons. The number of alkyl halides is 3. The zero-order chi connectivity index (χ0) is 14.6. The summed E-state index contributed by atoms with van der Waals surface area (Å²) < 4.78 is 40.9. The number of carboxylic acids is 1. The molecule has 0 aliphatic rings. The minimum absolute atomic E-state index is 0.104. The van der Waals surface area contributed by atoms with Crippen molar-refractivity contribution in [3.8, 4) is 5.75 Å². The molecule has 1 aromatic rings. The molecule has 0 fully saturated rings. The van der Waals surface area contributed by atoms with E-state index in [1.807, 2.05) is 0 Å². The van der Waals surface area contributed by atoms with Gasteiger partial charge in [-0.05, 0) is 18.2 Å². The van der Waals surface area contributed by atoms with Gasteiger partial charge in [-0.25, -0.2) is 4.79 Å². The molecule has 4 nitrogen and oxygen atoms in total. The number of hydrogen-bond acceptors (Lipinski definition) is 3. The van der Waals surface area contributed by atoms with Crippen LogP contribution in [0.3, 0.4) is 0 Å². The van der Waals surface area contributed by atoms with Gasteiger partial charge in [-0.1, -0.05) is 22.0 Å². The fourth-order valence-corrected chi connectivity index (χ4v) is 1.55. The van der Waals surface area contributed by atoms with E-state index in [9.17, 15) is 18.0 Å². The fourth-order valence-electron chi connectivity index (χ4n) is 1.21. The average Bonchev–Trinajstić information content (AvgIpc) is 2.25. The highest BCUT2D eigenvalue weighted by Gasteiger charge is 2.32. The van der Waals surface area contributed by atoms with E-state index in [4.69, 9.17) is 5.11 Å². The summed E-state index contributed by atoms with van der Waals surface area (Å²) in [6.07, 6.45) is -3.81. The third kappa shape index (κ3) is 4.82. The van der Waals surface area contributed by atoms with Crippen LogP contribution in [0, 0.1) is 0 Å². The lowest BCUT2D eigenvalue weighted by Crippen LogP contribution is -2.27. The summed E-state index contributed by atoms with van der Waals surface area (Å²) in [5.74, 6) is -1.80. The van der Waals surface area contributed by atoms with E-state index >= 15 is 0 Å². The molecular formula is C11H9BrF3NO3. The monoisotopic (exact) mass is 339 g/mol. The minimum Gasteiger partial charge on any atom is -0.479 e. The molecule has 0 aliphatic heterocycles. The molecule has 19 heavy (non-hydrogen) atoms. The average molecular weight is 340 g/mol. The maximum Gasteiger partial charge on any atom is 0.573 e. The first kappa shape index (κ1) is 15.4. The topological polar surface area (TPSA) is 58.6 Å². The number of aliphatic carboxylic acids is 1. The molecule has 0 heterocycles. The summed E-state index contributed by atoms with van der Waals surface area (Å²) in [5, 5.41) is 11.2. The molecule has 0 aromatic heterocycles. The lowest BCUT2D eigenvalue weighted by atomic mass is 10.2. The Balaban J connectivity index is 3.06. The zero-order valence-electron chi connectivity index (χ0n) is 9.37. The Kier molecular flexibility index (Phi) is 4.82. The molecule has 1 aromatic carbocycles. The van der Waals surface area contributed by atoms with Crippen molar-refractivity contribution < 1.29 is 27.8 Å². The van der Waals surface area contributed by atoms with Gasteiger partial charge in [0.25, 0.3) is 0 Å². The van der Waals surface area contributed by atoms with E-state index in [-0.39, 0.29) is 5.69 Å². The summed E-state index contributed by atoms with van der Waals surface area (Å²) >= 11 is 3.00. The number of benzene rings is 1. The van der Waals surface area contributed by atoms with Crippen molar-refractivity contribution in [3.05, 3.63) is 35.3 Å². The van der Waals surface area contributed by atoms with Crippen molar-refractivity contribution in [2.24, 2.45) is 0 Å². The number of anilines is 1. The van der Waals surface area contributed by atoms with Crippen LogP contribution in [-0.4, -0.2) is 23.5 Å². The highest BCUT2D eigenvalue weighted by atomic mass is 79.9. The molecule has 0 bridgehead atoms. The highest BCUT2D eigenvalue weighted by molar-refractivity contribution is 9.10. The number of carbonyl (C=O) groups is 1. The predicted octanol–water partition coefficient (Wildman–Crippen LogP) is 3.40. The standard InChI is InChI=1S/C11H9BrF3NO3/c1-2-7(10(17)18)16-8-4-3-6(12)5-9(8)19-11(13,14)15/h2-5,7,16H,1H2,(H,17,18). The Morgan fingerprint density at radius 2 is 2.16 bits per heavy atom. The Bertz CT molecular complexity index is 491. The second-order valence-corrected chi connectivity index (χ2v) is 4.30. The van der Waals surface area contributed by atoms with Gasteiger partial charge in [-0.2, -0.15) is 0 Å². The minimum atomic E-state index is -4.87. The van der Waals surface area contributed by atoms with Gasteiger partial charge in [0.1, 0.15) is 6.04 Å². The van der Waals surface area contributed by atoms with Crippen LogP contribution in [0.4, 0.5) is 18.9 Å². The second kappa shape index (κ2) is 5.96. The Morgan fingerprint density at radius 1 is 1.53 bits per heavy atom. The third-order valence-electron chi connectivity index (χ3n) is 1.98. The normalized spacial score (nSPS) is 12.6. The van der Waals surface area contributed by atoms with E-state index in [1.165, 1.54) is 12.1 Å². The smallest absolute Gasteiger partial charge is 0.479 e. The van der Waals surface area contributed by atoms with Gasteiger partial charge >= 0.3 is 12.3 Å². The second-order valence-electron chi connectivity index (χ2n) is 3.38. The number of rotatable bonds is 5. The van der Waals surface area contributed by atoms with Gasteiger partial charge in [0, 0.05) is 4.47 Å². The van der Waals surface area contributed by atoms with E-state index in [0.717, 1.165) is 12.1 Å². The molecule has 1 rings (SSSR count). The molecule has 8 heteroatoms. The summed E-state index contributed by atoms with van der Waals surface area (Å²) in [5.41, 5.74) is -0.104. The summed E-state index contributed by atoms with van der Waals surface area (Å²) in [7, 11) is 0. The van der Waals surface area contributed by atoms with Crippen LogP contribution in [-0.2, 0) is 4.79 Å². The van der Waals surface area contributed by atoms with Crippen molar-refractivity contribution in [1.82, 2.24) is 0 Å². The zero-order valence-corrected chi connectivity index (χ0v) is 11.0. The van der Waals surface area contributed by atoms with Crippen LogP contribution >= 0.6 is 15.9 Å². The lowest BCUT2D eigenvalue weighted by Gasteiger charge is -2.17. The van der Waals surface area contributed by atoms with Crippen LogP contribution < -0.4 is 10.1 Å². The first-order valence-electron chi connectivity index (χ1n) is 4.90. The molecule has 2 N–H and O–H groups in total. The van der Waals surface area contributed by atoms with Crippen LogP contribution in [0.2, 0.25) is 0 Å². The number of ether oxygens (including phenoxy) is 1. The Hall–Kier alpha value is -1.70. The molecule has 0 radical (unpaired) electrons. The first-order valence-corrected chi connectivity index (χ1v) is 5.69. The quantitative estimate of drug-likeness (QED) is 0.807. The first-order chi connectivity index (χ1) is 8.73. The van der Waals surface area contributed by atoms with Crippen molar-refractivity contribution in [2.45, 2.75) is 12.4 Å². The van der Waals surface area contributed by atoms with Crippen LogP contribution in [0.1, 0.15) is 0 Å². The number of hydrogen-bond donors (Lipinski definition) is 2. The fraction of sp³-hybridized carbons (Fsp3) is 0.182. The molecule has 0 amide bonds. The molecule has 0 aliphatic carbocycles. The SMILES string of the molecule is C=CC(Nc1ccc(Br)cc1OC(F)(F)F)C(=O)O. The van der Waals surface area contributed by atoms with Gasteiger partial charge in [0.15, 0.2) is 5.75 Å². The van der Waals surface area contributed by atoms with Crippen molar-refractivity contribution >= 4 is 27.6 Å². The predicted molar refractivity (Wildman–Crippen MR) is 66.1 cm³/mol. The summed E-state index contributed by atoms with van der Waals surface area (Å²) in [4.78, 5) is 10.8. The Labute approximate surface area is 115 Å². The van der Waals surface area contributed by atoms with E-state index in [1.54, 1.807) is 0 Å². The largest absolute Gasteiger partial charge is 0.573 e.